The first-order valence-electron chi connectivity index (χ1n) is 10.0. The van der Waals surface area contributed by atoms with E-state index in [1.54, 1.807) is 6.33 Å². The third-order valence-corrected chi connectivity index (χ3v) is 5.25. The van der Waals surface area contributed by atoms with Crippen molar-refractivity contribution in [3.05, 3.63) is 72.6 Å². The lowest BCUT2D eigenvalue weighted by molar-refractivity contribution is 0.249. The summed E-state index contributed by atoms with van der Waals surface area (Å²) in [6.45, 7) is 5.02. The minimum atomic E-state index is 0.819. The number of benzene rings is 2. The Morgan fingerprint density at radius 3 is 2.31 bits per heavy atom. The van der Waals surface area contributed by atoms with Crippen LogP contribution in [-0.4, -0.2) is 55.1 Å². The lowest BCUT2D eigenvalue weighted by Gasteiger charge is -2.35. The normalized spacial score (nSPS) is 14.6. The van der Waals surface area contributed by atoms with E-state index in [4.69, 9.17) is 0 Å². The molecule has 1 fully saturated rings. The van der Waals surface area contributed by atoms with Crippen LogP contribution in [-0.2, 0) is 6.54 Å². The summed E-state index contributed by atoms with van der Waals surface area (Å²) in [6.07, 6.45) is 1.64. The Bertz CT molecular complexity index is 902. The first kappa shape index (κ1) is 19.2. The maximum atomic E-state index is 4.50. The molecule has 0 aliphatic carbocycles. The summed E-state index contributed by atoms with van der Waals surface area (Å²) in [4.78, 5) is 15.8. The first-order valence-corrected chi connectivity index (χ1v) is 10.0. The quantitative estimate of drug-likeness (QED) is 0.696. The van der Waals surface area contributed by atoms with Gasteiger partial charge < -0.3 is 15.1 Å². The number of piperazine rings is 1. The SMILES string of the molecule is CN(C)c1ccc(Nc2cc(N3CCN(Cc4ccccc4)CC3)ncn2)cc1. The van der Waals surface area contributed by atoms with Crippen molar-refractivity contribution in [2.75, 3.05) is 55.4 Å². The Balaban J connectivity index is 1.35. The Hall–Kier alpha value is -3.12. The fourth-order valence-electron chi connectivity index (χ4n) is 3.56. The Labute approximate surface area is 172 Å². The van der Waals surface area contributed by atoms with Crippen LogP contribution in [0.3, 0.4) is 0 Å². The van der Waals surface area contributed by atoms with E-state index < -0.39 is 0 Å². The zero-order valence-corrected chi connectivity index (χ0v) is 17.1. The summed E-state index contributed by atoms with van der Waals surface area (Å²) >= 11 is 0. The van der Waals surface area contributed by atoms with Gasteiger partial charge in [-0.25, -0.2) is 9.97 Å². The number of hydrogen-bond donors (Lipinski definition) is 1. The van der Waals surface area contributed by atoms with Crippen molar-refractivity contribution < 1.29 is 0 Å². The standard InChI is InChI=1S/C23H28N6/c1-27(2)21-10-8-20(9-11-21)26-22-16-23(25-18-24-22)29-14-12-28(13-15-29)17-19-6-4-3-5-7-19/h3-11,16,18H,12-15,17H2,1-2H3,(H,24,25,26). The van der Waals surface area contributed by atoms with Gasteiger partial charge >= 0.3 is 0 Å². The summed E-state index contributed by atoms with van der Waals surface area (Å²) in [7, 11) is 4.08. The maximum absolute atomic E-state index is 4.50. The average Bonchev–Trinajstić information content (AvgIpc) is 2.76. The molecule has 1 aromatic heterocycles. The Morgan fingerprint density at radius 1 is 0.897 bits per heavy atom. The number of rotatable bonds is 6. The zero-order chi connectivity index (χ0) is 20.1. The monoisotopic (exact) mass is 388 g/mol. The van der Waals surface area contributed by atoms with Crippen LogP contribution in [0.15, 0.2) is 67.0 Å². The van der Waals surface area contributed by atoms with Gasteiger partial charge in [-0.05, 0) is 29.8 Å². The summed E-state index contributed by atoms with van der Waals surface area (Å²) in [5.74, 6) is 1.80. The molecule has 6 heteroatoms. The molecule has 0 saturated carbocycles. The molecule has 1 aliphatic rings. The molecule has 2 heterocycles. The summed E-state index contributed by atoms with van der Waals surface area (Å²) in [5, 5.41) is 3.38. The van der Waals surface area contributed by atoms with E-state index in [1.807, 2.05) is 20.2 Å². The van der Waals surface area contributed by atoms with E-state index in [9.17, 15) is 0 Å². The number of nitrogens with zero attached hydrogens (tertiary/aromatic N) is 5. The molecule has 3 aromatic rings. The van der Waals surface area contributed by atoms with Gasteiger partial charge in [0.1, 0.15) is 18.0 Å². The molecule has 1 saturated heterocycles. The van der Waals surface area contributed by atoms with Crippen LogP contribution in [0.25, 0.3) is 0 Å². The molecular weight excluding hydrogens is 360 g/mol. The molecular formula is C23H28N6. The van der Waals surface area contributed by atoms with Crippen LogP contribution in [0.4, 0.5) is 23.0 Å². The van der Waals surface area contributed by atoms with Gasteiger partial charge in [-0.15, -0.1) is 0 Å². The van der Waals surface area contributed by atoms with Gasteiger partial charge in [-0.2, -0.15) is 0 Å². The van der Waals surface area contributed by atoms with Crippen molar-refractivity contribution in [2.45, 2.75) is 6.54 Å². The lowest BCUT2D eigenvalue weighted by Crippen LogP contribution is -2.46. The van der Waals surface area contributed by atoms with Crippen LogP contribution < -0.4 is 15.1 Å². The summed E-state index contributed by atoms with van der Waals surface area (Å²) < 4.78 is 0. The first-order chi connectivity index (χ1) is 14.2. The van der Waals surface area contributed by atoms with Crippen molar-refractivity contribution in [3.8, 4) is 0 Å². The minimum Gasteiger partial charge on any atom is -0.378 e. The largest absolute Gasteiger partial charge is 0.378 e. The Morgan fingerprint density at radius 2 is 1.62 bits per heavy atom. The molecule has 1 aliphatic heterocycles. The van der Waals surface area contributed by atoms with Crippen molar-refractivity contribution in [3.63, 3.8) is 0 Å². The number of aromatic nitrogens is 2. The van der Waals surface area contributed by atoms with Gasteiger partial charge in [0.2, 0.25) is 0 Å². The van der Waals surface area contributed by atoms with E-state index in [0.717, 1.165) is 50.0 Å². The molecule has 6 nitrogen and oxygen atoms in total. The highest BCUT2D eigenvalue weighted by Gasteiger charge is 2.18. The van der Waals surface area contributed by atoms with Gasteiger partial charge in [0.15, 0.2) is 0 Å². The van der Waals surface area contributed by atoms with E-state index >= 15 is 0 Å². The molecule has 0 radical (unpaired) electrons. The molecule has 2 aromatic carbocycles. The smallest absolute Gasteiger partial charge is 0.135 e. The molecule has 150 valence electrons. The fraction of sp³-hybridized carbons (Fsp3) is 0.304. The molecule has 29 heavy (non-hydrogen) atoms. The van der Waals surface area contributed by atoms with Gasteiger partial charge in [-0.1, -0.05) is 30.3 Å². The molecule has 0 bridgehead atoms. The molecule has 0 atom stereocenters. The maximum Gasteiger partial charge on any atom is 0.135 e. The van der Waals surface area contributed by atoms with Crippen LogP contribution in [0.1, 0.15) is 5.56 Å². The van der Waals surface area contributed by atoms with Gasteiger partial charge in [0.05, 0.1) is 0 Å². The highest BCUT2D eigenvalue weighted by Crippen LogP contribution is 2.22. The highest BCUT2D eigenvalue weighted by molar-refractivity contribution is 5.62. The van der Waals surface area contributed by atoms with E-state index in [-0.39, 0.29) is 0 Å². The average molecular weight is 389 g/mol. The number of anilines is 4. The topological polar surface area (TPSA) is 47.5 Å². The van der Waals surface area contributed by atoms with E-state index in [2.05, 4.69) is 84.6 Å². The second-order valence-corrected chi connectivity index (χ2v) is 7.58. The lowest BCUT2D eigenvalue weighted by atomic mass is 10.2. The Kier molecular flexibility index (Phi) is 5.91. The third-order valence-electron chi connectivity index (χ3n) is 5.25. The van der Waals surface area contributed by atoms with Crippen LogP contribution in [0.2, 0.25) is 0 Å². The molecule has 0 unspecified atom stereocenters. The van der Waals surface area contributed by atoms with Gasteiger partial charge in [-0.3, -0.25) is 4.90 Å². The van der Waals surface area contributed by atoms with Gasteiger partial charge in [0, 0.05) is 64.3 Å². The van der Waals surface area contributed by atoms with Gasteiger partial charge in [0.25, 0.3) is 0 Å². The zero-order valence-electron chi connectivity index (χ0n) is 17.1. The van der Waals surface area contributed by atoms with E-state index in [1.165, 1.54) is 11.3 Å². The summed E-state index contributed by atoms with van der Waals surface area (Å²) in [6, 6.07) is 21.0. The minimum absolute atomic E-state index is 0.819. The predicted octanol–water partition coefficient (Wildman–Crippen LogP) is 3.61. The highest BCUT2D eigenvalue weighted by atomic mass is 15.3. The number of nitrogens with one attached hydrogen (secondary N) is 1. The molecule has 0 spiro atoms. The van der Waals surface area contributed by atoms with Crippen LogP contribution in [0.5, 0.6) is 0 Å². The fourth-order valence-corrected chi connectivity index (χ4v) is 3.56. The predicted molar refractivity (Wildman–Crippen MR) is 120 cm³/mol. The van der Waals surface area contributed by atoms with Crippen molar-refractivity contribution >= 4 is 23.0 Å². The molecule has 4 rings (SSSR count). The second-order valence-electron chi connectivity index (χ2n) is 7.58. The van der Waals surface area contributed by atoms with Crippen molar-refractivity contribution in [2.24, 2.45) is 0 Å². The van der Waals surface area contributed by atoms with Crippen LogP contribution >= 0.6 is 0 Å². The second kappa shape index (κ2) is 8.92. The van der Waals surface area contributed by atoms with E-state index in [0.29, 0.717) is 0 Å². The number of hydrogen-bond acceptors (Lipinski definition) is 6. The summed E-state index contributed by atoms with van der Waals surface area (Å²) in [5.41, 5.74) is 3.56. The van der Waals surface area contributed by atoms with Crippen LogP contribution in [0, 0.1) is 0 Å². The third kappa shape index (κ3) is 5.03. The molecule has 0 amide bonds. The van der Waals surface area contributed by atoms with Crippen molar-refractivity contribution in [1.29, 1.82) is 0 Å². The molecule has 1 N–H and O–H groups in total. The van der Waals surface area contributed by atoms with Crippen molar-refractivity contribution in [1.82, 2.24) is 14.9 Å².